The molecule has 0 bridgehead atoms. The van der Waals surface area contributed by atoms with Crippen molar-refractivity contribution in [2.24, 2.45) is 0 Å². The number of imidazole rings is 1. The number of aliphatic hydroxyl groups is 2. The quantitative estimate of drug-likeness (QED) is 0.231. The number of ether oxygens (including phenoxy) is 2. The van der Waals surface area contributed by atoms with Crippen molar-refractivity contribution in [1.29, 1.82) is 0 Å². The molecule has 6 N–H and O–H groups in total. The highest BCUT2D eigenvalue weighted by Crippen LogP contribution is 2.45. The van der Waals surface area contributed by atoms with Gasteiger partial charge in [-0.05, 0) is 11.6 Å². The zero-order valence-electron chi connectivity index (χ0n) is 14.6. The highest BCUT2D eigenvalue weighted by Gasteiger charge is 2.46. The van der Waals surface area contributed by atoms with Gasteiger partial charge in [-0.3, -0.25) is 9.13 Å². The molecule has 1 fully saturated rings. The summed E-state index contributed by atoms with van der Waals surface area (Å²) in [6, 6.07) is 0. The summed E-state index contributed by atoms with van der Waals surface area (Å²) in [5, 5.41) is 17.9. The van der Waals surface area contributed by atoms with E-state index in [0.717, 1.165) is 0 Å². The van der Waals surface area contributed by atoms with Crippen molar-refractivity contribution in [3.8, 4) is 0 Å². The number of fused-ring (bicyclic) bond motifs is 1. The molecule has 0 spiro atoms. The fraction of sp³-hybridized carbons (Fsp3) is 0.583. The predicted octanol–water partition coefficient (Wildman–Crippen LogP) is -1.80. The number of sulfone groups is 1. The van der Waals surface area contributed by atoms with Crippen LogP contribution in [0, 0.1) is 0 Å². The Bertz CT molecular complexity index is 1080. The molecule has 0 saturated carbocycles. The Kier molecular flexibility index (Phi) is 5.90. The Morgan fingerprint density at radius 1 is 1.38 bits per heavy atom. The van der Waals surface area contributed by atoms with Gasteiger partial charge in [0, 0.05) is 6.26 Å². The van der Waals surface area contributed by atoms with Crippen LogP contribution < -0.4 is 5.73 Å². The van der Waals surface area contributed by atoms with E-state index in [1.54, 1.807) is 0 Å². The predicted molar refractivity (Wildman–Crippen MR) is 97.3 cm³/mol. The molecule has 0 aromatic carbocycles. The van der Waals surface area contributed by atoms with Crippen molar-refractivity contribution < 1.29 is 42.5 Å². The van der Waals surface area contributed by atoms with Gasteiger partial charge in [-0.25, -0.2) is 13.4 Å². The largest absolute Gasteiger partial charge is 0.387 e. The molecule has 5 atom stereocenters. The van der Waals surface area contributed by atoms with Crippen molar-refractivity contribution in [3.63, 3.8) is 0 Å². The smallest absolute Gasteiger partial charge is 0.369 e. The maximum absolute atomic E-state index is 11.6. The summed E-state index contributed by atoms with van der Waals surface area (Å²) in [7, 11) is -9.45. The standard InChI is InChI=1S/C12H17ClN5O9PS/c1-29(24,25)12(28(21,22)23)26-2-4-6(19)7(20)10(27-4)18-3-15-5-8(14)16-11(13)17-9(5)18/h3-4,6-7,10,12,19-20H,2H2,1H3,(H2,14,16,17)(H2,21,22,23)/t4-,6-,7-,10-,12+/m1/s1. The number of aromatic nitrogens is 4. The number of nitrogens with two attached hydrogens (primary N) is 1. The Balaban J connectivity index is 1.83. The van der Waals surface area contributed by atoms with Gasteiger partial charge < -0.3 is 35.2 Å². The average Bonchev–Trinajstić information content (AvgIpc) is 3.08. The zero-order chi connectivity index (χ0) is 21.7. The summed E-state index contributed by atoms with van der Waals surface area (Å²) in [5.41, 5.74) is 5.97. The van der Waals surface area contributed by atoms with E-state index in [1.165, 1.54) is 10.9 Å². The van der Waals surface area contributed by atoms with Crippen LogP contribution in [0.2, 0.25) is 5.28 Å². The van der Waals surface area contributed by atoms with Gasteiger partial charge in [0.25, 0.3) is 5.18 Å². The highest BCUT2D eigenvalue weighted by molar-refractivity contribution is 7.97. The van der Waals surface area contributed by atoms with Gasteiger partial charge in [0.2, 0.25) is 5.28 Å². The van der Waals surface area contributed by atoms with Crippen LogP contribution in [0.15, 0.2) is 6.33 Å². The number of nitrogen functional groups attached to an aromatic ring is 1. The van der Waals surface area contributed by atoms with E-state index in [0.29, 0.717) is 6.26 Å². The van der Waals surface area contributed by atoms with Crippen molar-refractivity contribution in [3.05, 3.63) is 11.6 Å². The van der Waals surface area contributed by atoms with E-state index in [4.69, 9.17) is 26.8 Å². The lowest BCUT2D eigenvalue weighted by Crippen LogP contribution is -2.36. The fourth-order valence-corrected chi connectivity index (χ4v) is 5.61. The van der Waals surface area contributed by atoms with Crippen LogP contribution in [0.5, 0.6) is 0 Å². The fourth-order valence-electron chi connectivity index (χ4n) is 2.84. The molecular weight excluding hydrogens is 457 g/mol. The summed E-state index contributed by atoms with van der Waals surface area (Å²) in [6.07, 6.45) is -3.89. The van der Waals surface area contributed by atoms with E-state index >= 15 is 0 Å². The third-order valence-corrected chi connectivity index (χ3v) is 7.79. The molecule has 0 unspecified atom stereocenters. The Hall–Kier alpha value is -1.42. The number of anilines is 1. The van der Waals surface area contributed by atoms with Gasteiger partial charge in [-0.2, -0.15) is 9.97 Å². The first-order chi connectivity index (χ1) is 13.3. The molecule has 14 nitrogen and oxygen atoms in total. The number of rotatable bonds is 6. The lowest BCUT2D eigenvalue weighted by Gasteiger charge is -2.20. The maximum Gasteiger partial charge on any atom is 0.369 e. The van der Waals surface area contributed by atoms with Gasteiger partial charge in [-0.1, -0.05) is 0 Å². The van der Waals surface area contributed by atoms with Gasteiger partial charge in [0.15, 0.2) is 27.5 Å². The Morgan fingerprint density at radius 2 is 2.03 bits per heavy atom. The summed E-state index contributed by atoms with van der Waals surface area (Å²) in [5.74, 6) is -0.0238. The Labute approximate surface area is 168 Å². The summed E-state index contributed by atoms with van der Waals surface area (Å²) < 4.78 is 46.1. The van der Waals surface area contributed by atoms with Gasteiger partial charge in [0.05, 0.1) is 12.9 Å². The van der Waals surface area contributed by atoms with Crippen molar-refractivity contribution in [2.45, 2.75) is 29.7 Å². The minimum Gasteiger partial charge on any atom is -0.387 e. The molecule has 3 heterocycles. The second kappa shape index (κ2) is 7.68. The molecule has 3 rings (SSSR count). The van der Waals surface area contributed by atoms with Crippen LogP contribution in [0.3, 0.4) is 0 Å². The molecule has 1 saturated heterocycles. The van der Waals surface area contributed by atoms with Crippen LogP contribution in [0.4, 0.5) is 5.82 Å². The van der Waals surface area contributed by atoms with Crippen LogP contribution in [-0.2, 0) is 23.9 Å². The lowest BCUT2D eigenvalue weighted by molar-refractivity contribution is -0.0647. The average molecular weight is 474 g/mol. The molecule has 0 radical (unpaired) electrons. The summed E-state index contributed by atoms with van der Waals surface area (Å²) in [4.78, 5) is 30.0. The minimum absolute atomic E-state index is 0.0238. The molecule has 1 aliphatic rings. The van der Waals surface area contributed by atoms with E-state index < -0.39 is 53.8 Å². The first-order valence-corrected chi connectivity index (χ1v) is 11.8. The van der Waals surface area contributed by atoms with Crippen LogP contribution in [0.25, 0.3) is 11.2 Å². The minimum atomic E-state index is -5.17. The Morgan fingerprint density at radius 3 is 2.62 bits per heavy atom. The summed E-state index contributed by atoms with van der Waals surface area (Å²) >= 11 is 5.78. The molecule has 2 aromatic rings. The summed E-state index contributed by atoms with van der Waals surface area (Å²) in [6.45, 7) is -0.734. The first kappa shape index (κ1) is 22.3. The first-order valence-electron chi connectivity index (χ1n) is 7.83. The van der Waals surface area contributed by atoms with E-state index in [1.807, 2.05) is 0 Å². The van der Waals surface area contributed by atoms with E-state index in [9.17, 15) is 33.0 Å². The number of aliphatic hydroxyl groups excluding tert-OH is 2. The van der Waals surface area contributed by atoms with Crippen molar-refractivity contribution in [2.75, 3.05) is 18.6 Å². The van der Waals surface area contributed by atoms with Gasteiger partial charge in [0.1, 0.15) is 23.8 Å². The molecule has 29 heavy (non-hydrogen) atoms. The lowest BCUT2D eigenvalue weighted by atomic mass is 10.1. The van der Waals surface area contributed by atoms with Crippen LogP contribution in [-0.4, -0.2) is 84.3 Å². The number of nitrogens with zero attached hydrogens (tertiary/aromatic N) is 4. The van der Waals surface area contributed by atoms with Crippen molar-refractivity contribution in [1.82, 2.24) is 19.5 Å². The third kappa shape index (κ3) is 4.38. The molecular formula is C12H17ClN5O9PS. The van der Waals surface area contributed by atoms with Gasteiger partial charge in [-0.15, -0.1) is 0 Å². The topological polar surface area (TPSA) is 220 Å². The maximum atomic E-state index is 11.6. The zero-order valence-corrected chi connectivity index (χ0v) is 17.1. The second-order valence-corrected chi connectivity index (χ2v) is 10.7. The van der Waals surface area contributed by atoms with E-state index in [2.05, 4.69) is 15.0 Å². The van der Waals surface area contributed by atoms with Crippen LogP contribution in [0.1, 0.15) is 6.23 Å². The molecule has 1 aliphatic heterocycles. The van der Waals surface area contributed by atoms with Crippen molar-refractivity contribution >= 4 is 46.0 Å². The molecule has 0 aliphatic carbocycles. The molecule has 2 aromatic heterocycles. The second-order valence-electron chi connectivity index (χ2n) is 6.31. The molecule has 162 valence electrons. The van der Waals surface area contributed by atoms with Crippen LogP contribution >= 0.6 is 19.2 Å². The number of halogens is 1. The highest BCUT2D eigenvalue weighted by atomic mass is 35.5. The SMILES string of the molecule is CS(=O)(=O)[C@@H](OC[C@H]1O[C@@H](n2cnc3c(N)nc(Cl)nc32)[C@H](O)[C@@H]1O)P(=O)(O)O. The van der Waals surface area contributed by atoms with Gasteiger partial charge >= 0.3 is 7.60 Å². The molecule has 17 heteroatoms. The number of hydrogen-bond acceptors (Lipinski definition) is 11. The normalized spacial score (nSPS) is 26.8. The van der Waals surface area contributed by atoms with E-state index in [-0.39, 0.29) is 22.3 Å². The number of hydrogen-bond donors (Lipinski definition) is 5. The molecule has 0 amide bonds. The monoisotopic (exact) mass is 473 g/mol. The third-order valence-electron chi connectivity index (χ3n) is 4.08.